The number of likely N-dealkylation sites (N-methyl/N-ethyl adjacent to an activating group) is 1. The Morgan fingerprint density at radius 3 is 2.01 bits per heavy atom. The molecular weight excluding hydrogens is 1070 g/mol. The smallest absolute Gasteiger partial charge is 0.310 e. The summed E-state index contributed by atoms with van der Waals surface area (Å²) in [6.07, 6.45) is 2.87. The lowest BCUT2D eigenvalue weighted by Gasteiger charge is -2.38. The van der Waals surface area contributed by atoms with Gasteiger partial charge in [-0.15, -0.1) is 11.8 Å². The van der Waals surface area contributed by atoms with Crippen LogP contribution in [-0.2, 0) is 54.3 Å². The van der Waals surface area contributed by atoms with Crippen LogP contribution in [-0.4, -0.2) is 154 Å². The second-order valence-corrected chi connectivity index (χ2v) is 21.5. The van der Waals surface area contributed by atoms with Gasteiger partial charge in [0.1, 0.15) is 24.2 Å². The van der Waals surface area contributed by atoms with E-state index < -0.39 is 107 Å². The number of primary amides is 1. The summed E-state index contributed by atoms with van der Waals surface area (Å²) in [6, 6.07) is 10.4. The van der Waals surface area contributed by atoms with Gasteiger partial charge in [-0.25, -0.2) is 0 Å². The number of carbonyl (C=O) groups is 8. The molecule has 1 aliphatic carbocycles. The predicted molar refractivity (Wildman–Crippen MR) is 295 cm³/mol. The predicted octanol–water partition coefficient (Wildman–Crippen LogP) is 1.72. The number of fused-ring (bicyclic) bond motifs is 4. The zero-order chi connectivity index (χ0) is 57.9. The van der Waals surface area contributed by atoms with E-state index in [-0.39, 0.29) is 45.0 Å². The number of nitrogens with one attached hydrogen (secondary N) is 5. The van der Waals surface area contributed by atoms with Gasteiger partial charge in [0.2, 0.25) is 48.0 Å². The van der Waals surface area contributed by atoms with Crippen molar-refractivity contribution in [1.82, 2.24) is 31.2 Å². The number of hydrogen-bond donors (Lipinski definition) is 8. The van der Waals surface area contributed by atoms with Crippen molar-refractivity contribution in [3.05, 3.63) is 77.0 Å². The number of likely N-dealkylation sites (tertiary alicyclic amines) is 1. The highest BCUT2D eigenvalue weighted by molar-refractivity contribution is 8.00. The third-order valence-electron chi connectivity index (χ3n) is 15.2. The molecule has 4 aromatic rings. The van der Waals surface area contributed by atoms with Crippen LogP contribution in [0.3, 0.4) is 0 Å². The molecule has 436 valence electrons. The molecule has 4 aliphatic rings. The van der Waals surface area contributed by atoms with Crippen LogP contribution in [0, 0.1) is 11.8 Å². The molecule has 0 saturated carbocycles. The van der Waals surface area contributed by atoms with E-state index in [4.69, 9.17) is 50.4 Å². The summed E-state index contributed by atoms with van der Waals surface area (Å²) in [4.78, 5) is 114. The number of nitrogens with zero attached hydrogens (tertiary/aromatic N) is 1. The number of aromatic amines is 1. The first kappa shape index (κ1) is 59.5. The van der Waals surface area contributed by atoms with Crippen LogP contribution in [0.1, 0.15) is 85.6 Å². The van der Waals surface area contributed by atoms with Crippen LogP contribution in [0.5, 0.6) is 28.7 Å². The SMILES string of the molecule is CN[C@@H](Cc1c[nH]c2ccccc12)C(=O)N[C@@H](CCCCN)C(=O)N[C@@H](CCCCN)C(=O)NC(CSC1CC(=O)N(CCC(=O)O[C@H]2c3cc4c(cc3[C@@H](c3cc(OC)c(OC)c(OC)c3)[C@H]3C(=O)OC[C@@H]32)OCO4)C1=O)C(N)=O. The van der Waals surface area contributed by atoms with Gasteiger partial charge < -0.3 is 76.6 Å². The highest BCUT2D eigenvalue weighted by atomic mass is 32.2. The number of unbranched alkanes of at least 4 members (excludes halogenated alkanes) is 2. The standard InChI is InChI=1S/C56H71N9O15S/c1-60-38(19-30-25-61-35-12-6-5-11-31(30)35)54(71)63-36(13-7-9-16-57)52(69)62-37(14-8-10-17-58)53(70)64-39(51(59)68)27-81-44-24-45(66)65(55(44)72)18-15-46(67)80-49-33-23-41-40(78-28-79-41)22-32(33)47(48-34(49)26-77-56(48)73)29-20-42(74-2)50(76-4)43(21-29)75-3/h5-6,11-12,20-23,25,34,36-39,44,47-49,60-61H,7-10,13-19,24,26-28,57-58H2,1-4H3,(H2,59,68)(H,62,69)(H,63,71)(H,64,70)/t34-,36-,37-,38-,39?,44?,47+,48-,49-/m0/s1. The number of methoxy groups -OCH3 is 3. The van der Waals surface area contributed by atoms with Crippen LogP contribution in [0.2, 0.25) is 0 Å². The number of cyclic esters (lactones) is 1. The largest absolute Gasteiger partial charge is 0.493 e. The molecule has 0 spiro atoms. The number of amides is 6. The van der Waals surface area contributed by atoms with Crippen molar-refractivity contribution in [2.24, 2.45) is 29.0 Å². The fourth-order valence-corrected chi connectivity index (χ4v) is 12.2. The third-order valence-corrected chi connectivity index (χ3v) is 16.5. The van der Waals surface area contributed by atoms with Gasteiger partial charge in [-0.3, -0.25) is 43.3 Å². The second-order valence-electron chi connectivity index (χ2n) is 20.2. The second kappa shape index (κ2) is 27.2. The van der Waals surface area contributed by atoms with Gasteiger partial charge in [0.05, 0.1) is 51.6 Å². The average molecular weight is 1140 g/mol. The van der Waals surface area contributed by atoms with E-state index in [1.165, 1.54) is 21.3 Å². The molecule has 8 rings (SSSR count). The topological polar surface area (TPSA) is 346 Å². The minimum Gasteiger partial charge on any atom is -0.493 e. The zero-order valence-electron chi connectivity index (χ0n) is 45.7. The molecule has 81 heavy (non-hydrogen) atoms. The zero-order valence-corrected chi connectivity index (χ0v) is 46.5. The molecule has 6 amide bonds. The lowest BCUT2D eigenvalue weighted by Crippen LogP contribution is -2.58. The van der Waals surface area contributed by atoms with Crippen molar-refractivity contribution in [2.75, 3.05) is 67.2 Å². The Morgan fingerprint density at radius 2 is 1.41 bits per heavy atom. The van der Waals surface area contributed by atoms with E-state index in [0.29, 0.717) is 90.6 Å². The van der Waals surface area contributed by atoms with E-state index in [0.717, 1.165) is 33.1 Å². The minimum atomic E-state index is -1.34. The number of imide groups is 1. The summed E-state index contributed by atoms with van der Waals surface area (Å²) >= 11 is 0.931. The number of aromatic nitrogens is 1. The number of carbonyl (C=O) groups excluding carboxylic acids is 8. The fourth-order valence-electron chi connectivity index (χ4n) is 11.0. The number of esters is 2. The molecule has 2 saturated heterocycles. The number of benzene rings is 3. The number of hydrogen-bond acceptors (Lipinski definition) is 19. The van der Waals surface area contributed by atoms with Gasteiger partial charge in [-0.1, -0.05) is 18.2 Å². The van der Waals surface area contributed by atoms with Crippen molar-refractivity contribution in [1.29, 1.82) is 0 Å². The molecule has 1 aromatic heterocycles. The first-order valence-corrected chi connectivity index (χ1v) is 28.1. The Bertz CT molecular complexity index is 2970. The summed E-state index contributed by atoms with van der Waals surface area (Å²) in [5.74, 6) is -5.64. The molecule has 3 aliphatic heterocycles. The molecule has 2 fully saturated rings. The Kier molecular flexibility index (Phi) is 20.0. The molecule has 0 bridgehead atoms. The van der Waals surface area contributed by atoms with Crippen molar-refractivity contribution >= 4 is 70.0 Å². The highest BCUT2D eigenvalue weighted by Crippen LogP contribution is 2.56. The van der Waals surface area contributed by atoms with Gasteiger partial charge in [-0.05, 0) is 112 Å². The van der Waals surface area contributed by atoms with Crippen LogP contribution in [0.25, 0.3) is 10.9 Å². The van der Waals surface area contributed by atoms with E-state index in [1.54, 1.807) is 31.3 Å². The Hall–Kier alpha value is -7.61. The average Bonchev–Trinajstić information content (AvgIpc) is 3.61. The number of ether oxygens (including phenoxy) is 7. The summed E-state index contributed by atoms with van der Waals surface area (Å²) in [5, 5.41) is 11.3. The first-order valence-electron chi connectivity index (χ1n) is 27.0. The van der Waals surface area contributed by atoms with E-state index >= 15 is 0 Å². The van der Waals surface area contributed by atoms with Crippen molar-refractivity contribution in [2.45, 2.75) is 99.2 Å². The normalized spacial score (nSPS) is 20.3. The number of nitrogens with two attached hydrogens (primary N) is 3. The molecule has 4 heterocycles. The quantitative estimate of drug-likeness (QED) is 0.0218. The molecule has 3 aromatic carbocycles. The molecule has 25 heteroatoms. The monoisotopic (exact) mass is 1140 g/mol. The summed E-state index contributed by atoms with van der Waals surface area (Å²) in [7, 11) is 6.10. The minimum absolute atomic E-state index is 0.0513. The lowest BCUT2D eigenvalue weighted by molar-refractivity contribution is -0.155. The van der Waals surface area contributed by atoms with Gasteiger partial charge >= 0.3 is 11.9 Å². The molecular formula is C56H71N9O15S. The van der Waals surface area contributed by atoms with Crippen LogP contribution in [0.15, 0.2) is 54.7 Å². The summed E-state index contributed by atoms with van der Waals surface area (Å²) in [6.45, 7) is 0.219. The Labute approximate surface area is 472 Å². The van der Waals surface area contributed by atoms with Gasteiger partial charge in [0.15, 0.2) is 23.0 Å². The maximum Gasteiger partial charge on any atom is 0.310 e. The molecule has 24 nitrogen and oxygen atoms in total. The van der Waals surface area contributed by atoms with Gasteiger partial charge in [0, 0.05) is 53.2 Å². The fraction of sp³-hybridized carbons (Fsp3) is 0.500. The van der Waals surface area contributed by atoms with Crippen molar-refractivity contribution in [3.63, 3.8) is 0 Å². The van der Waals surface area contributed by atoms with Gasteiger partial charge in [-0.2, -0.15) is 0 Å². The maximum atomic E-state index is 14.1. The van der Waals surface area contributed by atoms with E-state index in [1.807, 2.05) is 30.5 Å². The third kappa shape index (κ3) is 13.4. The van der Waals surface area contributed by atoms with E-state index in [9.17, 15) is 38.4 Å². The number of para-hydroxylation sites is 1. The van der Waals surface area contributed by atoms with E-state index in [2.05, 4.69) is 26.3 Å². The van der Waals surface area contributed by atoms with Crippen LogP contribution >= 0.6 is 11.8 Å². The summed E-state index contributed by atoms with van der Waals surface area (Å²) in [5.41, 5.74) is 20.9. The molecule has 0 radical (unpaired) electrons. The highest BCUT2D eigenvalue weighted by Gasteiger charge is 2.54. The van der Waals surface area contributed by atoms with Gasteiger partial charge in [0.25, 0.3) is 0 Å². The molecule has 2 unspecified atom stereocenters. The van der Waals surface area contributed by atoms with Crippen molar-refractivity contribution < 1.29 is 71.5 Å². The maximum absolute atomic E-state index is 14.1. The lowest BCUT2D eigenvalue weighted by atomic mass is 9.66. The number of H-pyrrole nitrogens is 1. The number of rotatable bonds is 29. The first-order chi connectivity index (χ1) is 39.1. The Morgan fingerprint density at radius 1 is 0.790 bits per heavy atom. The van der Waals surface area contributed by atoms with Crippen molar-refractivity contribution in [3.8, 4) is 28.7 Å². The Balaban J connectivity index is 0.896. The molecule has 9 atom stereocenters. The molecule has 11 N–H and O–H groups in total. The van der Waals surface area contributed by atoms with Crippen LogP contribution < -0.4 is 62.2 Å². The van der Waals surface area contributed by atoms with Crippen LogP contribution in [0.4, 0.5) is 0 Å². The number of thioether (sulfide) groups is 1. The summed E-state index contributed by atoms with van der Waals surface area (Å²) < 4.78 is 40.2.